The summed E-state index contributed by atoms with van der Waals surface area (Å²) in [4.78, 5) is 25.2. The first-order valence-corrected chi connectivity index (χ1v) is 5.75. The number of hydrogen-bond donors (Lipinski definition) is 3. The molecule has 0 bridgehead atoms. The van der Waals surface area contributed by atoms with Crippen LogP contribution in [0, 0.1) is 6.92 Å². The summed E-state index contributed by atoms with van der Waals surface area (Å²) in [6, 6.07) is -0.417. The molecule has 9 heteroatoms. The fourth-order valence-corrected chi connectivity index (χ4v) is 2.06. The molecular weight excluding hydrogens is 254 g/mol. The van der Waals surface area contributed by atoms with Crippen molar-refractivity contribution in [3.05, 3.63) is 32.6 Å². The fraction of sp³-hybridized carbons (Fsp3) is 0.600. The van der Waals surface area contributed by atoms with Crippen molar-refractivity contribution in [3.8, 4) is 0 Å². The summed E-state index contributed by atoms with van der Waals surface area (Å²) >= 11 is 0. The Morgan fingerprint density at radius 1 is 1.63 bits per heavy atom. The van der Waals surface area contributed by atoms with Crippen LogP contribution in [0.15, 0.2) is 26.1 Å². The zero-order valence-electron chi connectivity index (χ0n) is 10.3. The predicted molar refractivity (Wildman–Crippen MR) is 64.5 cm³/mol. The Bertz CT molecular complexity index is 592. The maximum absolute atomic E-state index is 11.7. The smallest absolute Gasteiger partial charge is 0.330 e. The van der Waals surface area contributed by atoms with E-state index in [2.05, 4.69) is 15.3 Å². The molecule has 1 saturated heterocycles. The van der Waals surface area contributed by atoms with Crippen molar-refractivity contribution in [2.45, 2.75) is 31.7 Å². The molecule has 0 radical (unpaired) electrons. The number of nitrogens with one attached hydrogen (secondary N) is 1. The lowest BCUT2D eigenvalue weighted by atomic mass is 10.1. The van der Waals surface area contributed by atoms with Gasteiger partial charge in [0.2, 0.25) is 0 Å². The van der Waals surface area contributed by atoms with Gasteiger partial charge in [0.1, 0.15) is 18.4 Å². The first-order valence-electron chi connectivity index (χ1n) is 5.75. The van der Waals surface area contributed by atoms with Gasteiger partial charge >= 0.3 is 5.69 Å². The van der Waals surface area contributed by atoms with E-state index in [9.17, 15) is 14.7 Å². The monoisotopic (exact) mass is 269 g/mol. The van der Waals surface area contributed by atoms with Gasteiger partial charge in [0.15, 0.2) is 0 Å². The van der Waals surface area contributed by atoms with Gasteiger partial charge in [-0.25, -0.2) is 4.79 Å². The highest BCUT2D eigenvalue weighted by Gasteiger charge is 2.36. The lowest BCUT2D eigenvalue weighted by Gasteiger charge is -2.14. The summed E-state index contributed by atoms with van der Waals surface area (Å²) in [7, 11) is 0. The van der Waals surface area contributed by atoms with Crippen molar-refractivity contribution in [2.24, 2.45) is 16.2 Å². The van der Waals surface area contributed by atoms with Gasteiger partial charge in [-0.3, -0.25) is 14.3 Å². The molecule has 1 aliphatic rings. The van der Waals surface area contributed by atoms with Gasteiger partial charge in [0.25, 0.3) is 5.56 Å². The standard InChI is InChI=1S/C10H15N5O4/c1-5-3-15(10(18)12-9(5)17)8-2-6(13-14-11)7(4-16)19-8/h3,6-8,16H,2,4H2,1H3,(H2,11,13)(H,12,17,18)/t6-,7-,8-/m1/s1. The van der Waals surface area contributed by atoms with E-state index in [0.29, 0.717) is 12.0 Å². The number of ether oxygens (including phenoxy) is 1. The number of nitrogens with zero attached hydrogens (tertiary/aromatic N) is 3. The normalized spacial score (nSPS) is 27.2. The lowest BCUT2D eigenvalue weighted by Crippen LogP contribution is -2.33. The first-order chi connectivity index (χ1) is 9.06. The van der Waals surface area contributed by atoms with E-state index >= 15 is 0 Å². The Balaban J connectivity index is 2.32. The van der Waals surface area contributed by atoms with Gasteiger partial charge in [0, 0.05) is 18.2 Å². The third-order valence-corrected chi connectivity index (χ3v) is 3.06. The molecular formula is C10H15N5O4. The molecule has 0 aliphatic carbocycles. The summed E-state index contributed by atoms with van der Waals surface area (Å²) in [5.41, 5.74) is -0.605. The van der Waals surface area contributed by atoms with Crippen LogP contribution in [0.2, 0.25) is 0 Å². The van der Waals surface area contributed by atoms with E-state index in [1.54, 1.807) is 6.92 Å². The summed E-state index contributed by atoms with van der Waals surface area (Å²) < 4.78 is 6.79. The highest BCUT2D eigenvalue weighted by atomic mass is 16.5. The van der Waals surface area contributed by atoms with E-state index in [1.807, 2.05) is 0 Å². The van der Waals surface area contributed by atoms with Gasteiger partial charge in [-0.2, -0.15) is 5.11 Å². The molecule has 0 amide bonds. The Morgan fingerprint density at radius 2 is 2.37 bits per heavy atom. The Hall–Kier alpha value is -2.00. The molecule has 1 aliphatic heterocycles. The number of nitrogens with two attached hydrogens (primary N) is 1. The molecule has 0 unspecified atom stereocenters. The zero-order valence-corrected chi connectivity index (χ0v) is 10.3. The quantitative estimate of drug-likeness (QED) is 0.360. The van der Waals surface area contributed by atoms with Crippen molar-refractivity contribution in [3.63, 3.8) is 0 Å². The second-order valence-corrected chi connectivity index (χ2v) is 4.32. The minimum absolute atomic E-state index is 0.253. The van der Waals surface area contributed by atoms with E-state index in [-0.39, 0.29) is 6.61 Å². The van der Waals surface area contributed by atoms with Gasteiger partial charge < -0.3 is 15.7 Å². The van der Waals surface area contributed by atoms with Crippen LogP contribution in [-0.2, 0) is 4.74 Å². The van der Waals surface area contributed by atoms with Gasteiger partial charge in [-0.15, -0.1) is 0 Å². The highest BCUT2D eigenvalue weighted by Crippen LogP contribution is 2.29. The number of aromatic amines is 1. The van der Waals surface area contributed by atoms with Gasteiger partial charge in [0.05, 0.1) is 6.61 Å². The van der Waals surface area contributed by atoms with Crippen LogP contribution in [0.5, 0.6) is 0 Å². The first kappa shape index (κ1) is 13.4. The third-order valence-electron chi connectivity index (χ3n) is 3.06. The lowest BCUT2D eigenvalue weighted by molar-refractivity contribution is -0.0274. The second-order valence-electron chi connectivity index (χ2n) is 4.32. The topological polar surface area (TPSA) is 135 Å². The minimum Gasteiger partial charge on any atom is -0.394 e. The SMILES string of the molecule is Cc1cn([C@H]2C[C@@H](N=NN)[C@@H](CO)O2)c(=O)[nH]c1=O. The number of aliphatic hydroxyl groups excluding tert-OH is 1. The second kappa shape index (κ2) is 5.33. The van der Waals surface area contributed by atoms with Crippen LogP contribution in [0.1, 0.15) is 18.2 Å². The van der Waals surface area contributed by atoms with E-state index < -0.39 is 29.6 Å². The average Bonchev–Trinajstić information content (AvgIpc) is 2.77. The van der Waals surface area contributed by atoms with E-state index in [1.165, 1.54) is 10.8 Å². The van der Waals surface area contributed by atoms with Gasteiger partial charge in [-0.05, 0) is 6.92 Å². The summed E-state index contributed by atoms with van der Waals surface area (Å²) in [5, 5.41) is 16.1. The summed E-state index contributed by atoms with van der Waals surface area (Å²) in [5.74, 6) is 4.99. The number of aromatic nitrogens is 2. The number of aliphatic hydroxyl groups is 1. The molecule has 1 aromatic heterocycles. The zero-order chi connectivity index (χ0) is 14.0. The van der Waals surface area contributed by atoms with Crippen LogP contribution < -0.4 is 17.1 Å². The van der Waals surface area contributed by atoms with Crippen LogP contribution in [0.25, 0.3) is 0 Å². The molecule has 1 fully saturated rings. The van der Waals surface area contributed by atoms with Crippen molar-refractivity contribution in [1.29, 1.82) is 0 Å². The van der Waals surface area contributed by atoms with Crippen molar-refractivity contribution in [2.75, 3.05) is 6.61 Å². The molecule has 9 nitrogen and oxygen atoms in total. The highest BCUT2D eigenvalue weighted by molar-refractivity contribution is 5.02. The average molecular weight is 269 g/mol. The minimum atomic E-state index is -0.615. The Morgan fingerprint density at radius 3 is 3.00 bits per heavy atom. The molecule has 4 N–H and O–H groups in total. The molecule has 2 rings (SSSR count). The number of H-pyrrole nitrogens is 1. The third kappa shape index (κ3) is 2.56. The number of rotatable bonds is 3. The fourth-order valence-electron chi connectivity index (χ4n) is 2.06. The predicted octanol–water partition coefficient (Wildman–Crippen LogP) is -1.18. The molecule has 19 heavy (non-hydrogen) atoms. The largest absolute Gasteiger partial charge is 0.394 e. The molecule has 2 heterocycles. The van der Waals surface area contributed by atoms with E-state index in [0.717, 1.165) is 0 Å². The number of hydrogen-bond acceptors (Lipinski definition) is 6. The van der Waals surface area contributed by atoms with Crippen LogP contribution >= 0.6 is 0 Å². The maximum Gasteiger partial charge on any atom is 0.330 e. The van der Waals surface area contributed by atoms with E-state index in [4.69, 9.17) is 10.6 Å². The van der Waals surface area contributed by atoms with Crippen molar-refractivity contribution < 1.29 is 9.84 Å². The van der Waals surface area contributed by atoms with Gasteiger partial charge in [-0.1, -0.05) is 5.22 Å². The van der Waals surface area contributed by atoms with Crippen LogP contribution in [0.4, 0.5) is 0 Å². The number of aryl methyl sites for hydroxylation is 1. The van der Waals surface area contributed by atoms with Crippen molar-refractivity contribution >= 4 is 0 Å². The van der Waals surface area contributed by atoms with Crippen LogP contribution in [-0.4, -0.2) is 33.4 Å². The molecule has 1 aromatic rings. The van der Waals surface area contributed by atoms with Crippen molar-refractivity contribution in [1.82, 2.24) is 9.55 Å². The molecule has 0 aromatic carbocycles. The van der Waals surface area contributed by atoms with Crippen LogP contribution in [0.3, 0.4) is 0 Å². The molecule has 3 atom stereocenters. The molecule has 104 valence electrons. The Kier molecular flexibility index (Phi) is 3.76. The molecule has 0 spiro atoms. The summed E-state index contributed by atoms with van der Waals surface area (Å²) in [6.07, 6.45) is 0.576. The summed E-state index contributed by atoms with van der Waals surface area (Å²) in [6.45, 7) is 1.33. The molecule has 0 saturated carbocycles. The maximum atomic E-state index is 11.7. The Labute approximate surface area is 107 Å².